The summed E-state index contributed by atoms with van der Waals surface area (Å²) in [5, 5.41) is 3.44. The Balaban J connectivity index is 2.18. The Kier molecular flexibility index (Phi) is 3.15. The summed E-state index contributed by atoms with van der Waals surface area (Å²) >= 11 is 0. The van der Waals surface area contributed by atoms with Crippen LogP contribution in [0.25, 0.3) is 0 Å². The summed E-state index contributed by atoms with van der Waals surface area (Å²) < 4.78 is 0. The van der Waals surface area contributed by atoms with Gasteiger partial charge in [-0.3, -0.25) is 9.78 Å². The largest absolute Gasteiger partial charge is 0.333 e. The van der Waals surface area contributed by atoms with Crippen LogP contribution in [-0.4, -0.2) is 40.5 Å². The molecule has 0 bridgehead atoms. The molecule has 1 atom stereocenters. The highest BCUT2D eigenvalue weighted by atomic mass is 16.2. The Hall–Kier alpha value is -1.42. The molecule has 1 unspecified atom stereocenters. The van der Waals surface area contributed by atoms with Crippen molar-refractivity contribution in [1.29, 1.82) is 0 Å². The summed E-state index contributed by atoms with van der Waals surface area (Å²) in [6, 6.07) is 3.76. The fourth-order valence-corrected chi connectivity index (χ4v) is 2.10. The number of pyridine rings is 1. The Bertz CT molecular complexity index is 402. The molecule has 2 heterocycles. The summed E-state index contributed by atoms with van der Waals surface area (Å²) in [6.07, 6.45) is 3.32. The van der Waals surface area contributed by atoms with E-state index in [1.807, 2.05) is 4.90 Å². The summed E-state index contributed by atoms with van der Waals surface area (Å²) in [7, 11) is 0. The molecule has 1 amide bonds. The lowest BCUT2D eigenvalue weighted by Gasteiger charge is -2.43. The Morgan fingerprint density at radius 3 is 2.76 bits per heavy atom. The lowest BCUT2D eigenvalue weighted by atomic mass is 9.98. The summed E-state index contributed by atoms with van der Waals surface area (Å²) in [5.41, 5.74) is 0.694. The molecule has 1 N–H and O–H groups in total. The molecule has 0 aliphatic carbocycles. The van der Waals surface area contributed by atoms with E-state index >= 15 is 0 Å². The first-order valence-corrected chi connectivity index (χ1v) is 5.96. The van der Waals surface area contributed by atoms with Crippen LogP contribution >= 0.6 is 0 Å². The van der Waals surface area contributed by atoms with Crippen LogP contribution in [0.2, 0.25) is 0 Å². The van der Waals surface area contributed by atoms with E-state index in [9.17, 15) is 4.79 Å². The van der Waals surface area contributed by atoms with Crippen molar-refractivity contribution in [2.24, 2.45) is 0 Å². The van der Waals surface area contributed by atoms with Crippen LogP contribution in [0.4, 0.5) is 0 Å². The molecule has 1 fully saturated rings. The number of hydrogen-bond donors (Lipinski definition) is 1. The van der Waals surface area contributed by atoms with Crippen LogP contribution in [0.15, 0.2) is 24.5 Å². The Labute approximate surface area is 102 Å². The van der Waals surface area contributed by atoms with Crippen molar-refractivity contribution in [1.82, 2.24) is 15.2 Å². The van der Waals surface area contributed by atoms with E-state index in [-0.39, 0.29) is 17.5 Å². The highest BCUT2D eigenvalue weighted by Crippen LogP contribution is 2.17. The van der Waals surface area contributed by atoms with Crippen molar-refractivity contribution in [3.63, 3.8) is 0 Å². The number of aromatic nitrogens is 1. The number of nitrogens with one attached hydrogen (secondary N) is 1. The smallest absolute Gasteiger partial charge is 0.254 e. The van der Waals surface area contributed by atoms with Crippen LogP contribution in [0.5, 0.6) is 0 Å². The highest BCUT2D eigenvalue weighted by Gasteiger charge is 2.33. The molecule has 1 saturated heterocycles. The van der Waals surface area contributed by atoms with Crippen molar-refractivity contribution >= 4 is 5.91 Å². The van der Waals surface area contributed by atoms with Crippen molar-refractivity contribution in [3.8, 4) is 0 Å². The van der Waals surface area contributed by atoms with E-state index in [1.54, 1.807) is 24.5 Å². The fourth-order valence-electron chi connectivity index (χ4n) is 2.10. The summed E-state index contributed by atoms with van der Waals surface area (Å²) in [4.78, 5) is 18.2. The molecule has 0 spiro atoms. The molecular weight excluding hydrogens is 214 g/mol. The number of rotatable bonds is 1. The van der Waals surface area contributed by atoms with Crippen LogP contribution in [0, 0.1) is 0 Å². The van der Waals surface area contributed by atoms with Crippen molar-refractivity contribution < 1.29 is 4.79 Å². The normalized spacial score (nSPS) is 23.5. The number of carbonyl (C=O) groups is 1. The average molecular weight is 233 g/mol. The van der Waals surface area contributed by atoms with Gasteiger partial charge < -0.3 is 10.2 Å². The third-order valence-electron chi connectivity index (χ3n) is 3.16. The maximum atomic E-state index is 12.4. The quantitative estimate of drug-likeness (QED) is 0.795. The third-order valence-corrected chi connectivity index (χ3v) is 3.16. The number of amides is 1. The van der Waals surface area contributed by atoms with Gasteiger partial charge in [-0.2, -0.15) is 0 Å². The number of nitrogens with zero attached hydrogens (tertiary/aromatic N) is 2. The maximum absolute atomic E-state index is 12.4. The van der Waals surface area contributed by atoms with E-state index in [1.165, 1.54) is 0 Å². The van der Waals surface area contributed by atoms with E-state index in [0.717, 1.165) is 13.1 Å². The number of carbonyl (C=O) groups excluding carboxylic acids is 1. The molecular formula is C13H19N3O. The second kappa shape index (κ2) is 4.45. The maximum Gasteiger partial charge on any atom is 0.254 e. The van der Waals surface area contributed by atoms with Gasteiger partial charge in [-0.25, -0.2) is 0 Å². The van der Waals surface area contributed by atoms with Gasteiger partial charge in [-0.1, -0.05) is 0 Å². The van der Waals surface area contributed by atoms with Crippen LogP contribution in [0.3, 0.4) is 0 Å². The first kappa shape index (κ1) is 12.0. The van der Waals surface area contributed by atoms with Crippen LogP contribution in [-0.2, 0) is 0 Å². The predicted octanol–water partition coefficient (Wildman–Crippen LogP) is 1.29. The molecule has 1 aromatic rings. The molecule has 1 aliphatic heterocycles. The third kappa shape index (κ3) is 2.64. The van der Waals surface area contributed by atoms with E-state index in [2.05, 4.69) is 31.1 Å². The average Bonchev–Trinajstić information content (AvgIpc) is 2.33. The SMILES string of the molecule is CC1CNC(C)(C)CN1C(=O)c1ccncc1. The van der Waals surface area contributed by atoms with Crippen LogP contribution in [0.1, 0.15) is 31.1 Å². The summed E-state index contributed by atoms with van der Waals surface area (Å²) in [6.45, 7) is 7.87. The second-order valence-corrected chi connectivity index (χ2v) is 5.28. The predicted molar refractivity (Wildman–Crippen MR) is 66.8 cm³/mol. The zero-order valence-electron chi connectivity index (χ0n) is 10.6. The van der Waals surface area contributed by atoms with Gasteiger partial charge in [0.05, 0.1) is 0 Å². The molecule has 4 nitrogen and oxygen atoms in total. The lowest BCUT2D eigenvalue weighted by Crippen LogP contribution is -2.62. The molecule has 0 saturated carbocycles. The van der Waals surface area contributed by atoms with E-state index in [0.29, 0.717) is 5.56 Å². The van der Waals surface area contributed by atoms with E-state index in [4.69, 9.17) is 0 Å². The van der Waals surface area contributed by atoms with Gasteiger partial charge in [-0.15, -0.1) is 0 Å². The molecule has 1 aromatic heterocycles. The van der Waals surface area contributed by atoms with Crippen molar-refractivity contribution in [2.75, 3.05) is 13.1 Å². The molecule has 1 aliphatic rings. The van der Waals surface area contributed by atoms with Gasteiger partial charge in [0, 0.05) is 42.6 Å². The van der Waals surface area contributed by atoms with E-state index < -0.39 is 0 Å². The van der Waals surface area contributed by atoms with Crippen LogP contribution < -0.4 is 5.32 Å². The van der Waals surface area contributed by atoms with Gasteiger partial charge in [0.15, 0.2) is 0 Å². The monoisotopic (exact) mass is 233 g/mol. The van der Waals surface area contributed by atoms with Gasteiger partial charge in [0.2, 0.25) is 0 Å². The minimum atomic E-state index is -0.0187. The second-order valence-electron chi connectivity index (χ2n) is 5.28. The number of piperazine rings is 1. The van der Waals surface area contributed by atoms with Gasteiger partial charge >= 0.3 is 0 Å². The molecule has 2 rings (SSSR count). The number of hydrogen-bond acceptors (Lipinski definition) is 3. The first-order valence-electron chi connectivity index (χ1n) is 5.96. The minimum absolute atomic E-state index is 0.0187. The lowest BCUT2D eigenvalue weighted by molar-refractivity contribution is 0.0533. The Morgan fingerprint density at radius 1 is 1.47 bits per heavy atom. The molecule has 0 radical (unpaired) electrons. The standard InChI is InChI=1S/C13H19N3O/c1-10-8-15-13(2,3)9-16(10)12(17)11-4-6-14-7-5-11/h4-7,10,15H,8-9H2,1-3H3. The molecule has 4 heteroatoms. The molecule has 0 aromatic carbocycles. The Morgan fingerprint density at radius 2 is 2.12 bits per heavy atom. The minimum Gasteiger partial charge on any atom is -0.333 e. The van der Waals surface area contributed by atoms with Gasteiger partial charge in [-0.05, 0) is 32.9 Å². The topological polar surface area (TPSA) is 45.2 Å². The van der Waals surface area contributed by atoms with Gasteiger partial charge in [0.25, 0.3) is 5.91 Å². The highest BCUT2D eigenvalue weighted by molar-refractivity contribution is 5.94. The van der Waals surface area contributed by atoms with Gasteiger partial charge in [0.1, 0.15) is 0 Å². The van der Waals surface area contributed by atoms with Crippen molar-refractivity contribution in [3.05, 3.63) is 30.1 Å². The fraction of sp³-hybridized carbons (Fsp3) is 0.538. The molecule has 17 heavy (non-hydrogen) atoms. The molecule has 92 valence electrons. The first-order chi connectivity index (χ1) is 7.99. The summed E-state index contributed by atoms with van der Waals surface area (Å²) in [5.74, 6) is 0.0921. The van der Waals surface area contributed by atoms with Crippen molar-refractivity contribution in [2.45, 2.75) is 32.4 Å². The zero-order valence-corrected chi connectivity index (χ0v) is 10.6. The zero-order chi connectivity index (χ0) is 12.5.